The molecule has 1 aliphatic heterocycles. The second kappa shape index (κ2) is 9.85. The number of fused-ring (bicyclic) bond motifs is 1. The molecule has 11 heteroatoms. The van der Waals surface area contributed by atoms with Crippen LogP contribution in [-0.4, -0.2) is 53.2 Å². The van der Waals surface area contributed by atoms with Crippen LogP contribution in [0.4, 0.5) is 19.0 Å². The number of rotatable bonds is 5. The van der Waals surface area contributed by atoms with Gasteiger partial charge in [0.2, 0.25) is 0 Å². The Hall–Kier alpha value is -2.76. The van der Waals surface area contributed by atoms with E-state index in [1.807, 2.05) is 0 Å². The minimum Gasteiger partial charge on any atom is -0.383 e. The predicted octanol–water partition coefficient (Wildman–Crippen LogP) is 4.44. The molecule has 0 spiro atoms. The van der Waals surface area contributed by atoms with Crippen molar-refractivity contribution < 1.29 is 27.4 Å². The van der Waals surface area contributed by atoms with Gasteiger partial charge in [0.15, 0.2) is 0 Å². The molecule has 3 aromatic rings. The molecule has 2 N–H and O–H groups in total. The molecular formula is C23H22BrF3N4O3. The van der Waals surface area contributed by atoms with E-state index in [-0.39, 0.29) is 24.6 Å². The Morgan fingerprint density at radius 3 is 2.76 bits per heavy atom. The molecule has 2 aromatic heterocycles. The number of hydrogen-bond acceptors (Lipinski definition) is 6. The van der Waals surface area contributed by atoms with Gasteiger partial charge in [-0.25, -0.2) is 4.98 Å². The number of anilines is 1. The van der Waals surface area contributed by atoms with Crippen LogP contribution in [0, 0.1) is 0 Å². The fourth-order valence-corrected chi connectivity index (χ4v) is 4.28. The van der Waals surface area contributed by atoms with Crippen molar-refractivity contribution in [3.8, 4) is 0 Å². The molecule has 1 aliphatic rings. The lowest BCUT2D eigenvalue weighted by Crippen LogP contribution is -2.51. The third-order valence-corrected chi connectivity index (χ3v) is 6.40. The smallest absolute Gasteiger partial charge is 0.383 e. The molecule has 3 heterocycles. The minimum absolute atomic E-state index is 0.0171. The molecule has 1 amide bonds. The molecule has 0 bridgehead atoms. The van der Waals surface area contributed by atoms with Crippen LogP contribution in [0.15, 0.2) is 47.1 Å². The lowest BCUT2D eigenvalue weighted by Gasteiger charge is -2.39. The summed E-state index contributed by atoms with van der Waals surface area (Å²) in [5.41, 5.74) is 6.37. The van der Waals surface area contributed by atoms with E-state index in [4.69, 9.17) is 15.2 Å². The quantitative estimate of drug-likeness (QED) is 0.516. The number of pyridine rings is 2. The van der Waals surface area contributed by atoms with E-state index >= 15 is 0 Å². The van der Waals surface area contributed by atoms with Crippen molar-refractivity contribution in [1.82, 2.24) is 14.9 Å². The number of amides is 1. The summed E-state index contributed by atoms with van der Waals surface area (Å²) in [4.78, 5) is 23.5. The Balaban J connectivity index is 1.69. The van der Waals surface area contributed by atoms with Crippen molar-refractivity contribution in [2.24, 2.45) is 0 Å². The first kappa shape index (κ1) is 24.4. The Bertz CT molecular complexity index is 1190. The largest absolute Gasteiger partial charge is 0.417 e. The molecule has 1 fully saturated rings. The summed E-state index contributed by atoms with van der Waals surface area (Å²) in [6.07, 6.45) is -3.58. The van der Waals surface area contributed by atoms with Crippen LogP contribution in [-0.2, 0) is 22.2 Å². The second-order valence-electron chi connectivity index (χ2n) is 7.94. The Kier molecular flexibility index (Phi) is 7.06. The molecule has 0 saturated carbocycles. The third kappa shape index (κ3) is 5.16. The number of carbonyl (C=O) groups is 1. The van der Waals surface area contributed by atoms with Gasteiger partial charge in [-0.2, -0.15) is 13.2 Å². The number of carbonyl (C=O) groups excluding carboxylic acids is 1. The van der Waals surface area contributed by atoms with E-state index in [9.17, 15) is 18.0 Å². The summed E-state index contributed by atoms with van der Waals surface area (Å²) in [7, 11) is 1.54. The summed E-state index contributed by atoms with van der Waals surface area (Å²) < 4.78 is 50.5. The Morgan fingerprint density at radius 2 is 2.09 bits per heavy atom. The van der Waals surface area contributed by atoms with Gasteiger partial charge in [-0.1, -0.05) is 0 Å². The van der Waals surface area contributed by atoms with Crippen molar-refractivity contribution in [3.63, 3.8) is 0 Å². The number of nitrogens with zero attached hydrogens (tertiary/aromatic N) is 3. The van der Waals surface area contributed by atoms with Gasteiger partial charge in [-0.3, -0.25) is 9.78 Å². The third-order valence-electron chi connectivity index (χ3n) is 5.76. The molecule has 4 rings (SSSR count). The summed E-state index contributed by atoms with van der Waals surface area (Å²) in [6.45, 7) is 0.755. The van der Waals surface area contributed by atoms with E-state index in [1.54, 1.807) is 29.2 Å². The van der Waals surface area contributed by atoms with Crippen LogP contribution in [0.25, 0.3) is 10.9 Å². The van der Waals surface area contributed by atoms with Crippen molar-refractivity contribution in [3.05, 3.63) is 63.9 Å². The summed E-state index contributed by atoms with van der Waals surface area (Å²) in [5.74, 6) is 0.0391. The average molecular weight is 539 g/mol. The van der Waals surface area contributed by atoms with Crippen LogP contribution in [0.2, 0.25) is 0 Å². The maximum atomic E-state index is 13.7. The van der Waals surface area contributed by atoms with E-state index in [1.165, 1.54) is 13.2 Å². The standard InChI is InChI=1S/C23H22BrF3N4O3/c1-33-20-12-34-7-6-19(20)31(11-16-4-3-15(10-29-16)23(25,26)27)22(32)13-2-5-18-14(8-13)9-17(24)21(28)30-18/h2-5,8-10,19-20H,6-7,11-12H2,1H3,(H2,28,30)/t19-,20-/m1/s1. The first-order chi connectivity index (χ1) is 16.2. The molecule has 0 unspecified atom stereocenters. The number of nitrogen functional groups attached to an aromatic ring is 1. The van der Waals surface area contributed by atoms with E-state index in [0.717, 1.165) is 17.6 Å². The molecule has 180 valence electrons. The second-order valence-corrected chi connectivity index (χ2v) is 8.79. The Morgan fingerprint density at radius 1 is 1.29 bits per heavy atom. The van der Waals surface area contributed by atoms with Crippen molar-refractivity contribution >= 4 is 38.6 Å². The normalized spacial score (nSPS) is 18.7. The van der Waals surface area contributed by atoms with Gasteiger partial charge in [0.05, 0.1) is 40.4 Å². The fraction of sp³-hybridized carbons (Fsp3) is 0.348. The topological polar surface area (TPSA) is 90.6 Å². The van der Waals surface area contributed by atoms with Gasteiger partial charge in [0, 0.05) is 30.9 Å². The zero-order valence-electron chi connectivity index (χ0n) is 18.2. The van der Waals surface area contributed by atoms with Gasteiger partial charge in [0.1, 0.15) is 11.9 Å². The number of nitrogens with two attached hydrogens (primary N) is 1. The highest BCUT2D eigenvalue weighted by atomic mass is 79.9. The zero-order chi connectivity index (χ0) is 24.5. The first-order valence-corrected chi connectivity index (χ1v) is 11.3. The highest BCUT2D eigenvalue weighted by molar-refractivity contribution is 9.10. The first-order valence-electron chi connectivity index (χ1n) is 10.5. The maximum Gasteiger partial charge on any atom is 0.417 e. The number of benzene rings is 1. The highest BCUT2D eigenvalue weighted by Gasteiger charge is 2.35. The number of aromatic nitrogens is 2. The number of alkyl halides is 3. The van der Waals surface area contributed by atoms with Crippen LogP contribution in [0.1, 0.15) is 28.0 Å². The maximum absolute atomic E-state index is 13.7. The SMILES string of the molecule is CO[C@@H]1COCC[C@H]1N(Cc1ccc(C(F)(F)F)cn1)C(=O)c1ccc2nc(N)c(Br)cc2c1. The van der Waals surface area contributed by atoms with Gasteiger partial charge in [-0.05, 0) is 58.7 Å². The number of ether oxygens (including phenoxy) is 2. The van der Waals surface area contributed by atoms with E-state index in [0.29, 0.717) is 46.7 Å². The van der Waals surface area contributed by atoms with Crippen LogP contribution >= 0.6 is 15.9 Å². The van der Waals surface area contributed by atoms with Gasteiger partial charge in [-0.15, -0.1) is 0 Å². The number of hydrogen-bond donors (Lipinski definition) is 1. The molecule has 2 atom stereocenters. The molecule has 0 radical (unpaired) electrons. The van der Waals surface area contributed by atoms with Crippen LogP contribution < -0.4 is 5.73 Å². The van der Waals surface area contributed by atoms with E-state index in [2.05, 4.69) is 25.9 Å². The average Bonchev–Trinajstić information content (AvgIpc) is 2.82. The lowest BCUT2D eigenvalue weighted by molar-refractivity contribution is -0.137. The van der Waals surface area contributed by atoms with Gasteiger partial charge < -0.3 is 20.1 Å². The van der Waals surface area contributed by atoms with Crippen LogP contribution in [0.3, 0.4) is 0 Å². The monoisotopic (exact) mass is 538 g/mol. The Labute approximate surface area is 202 Å². The van der Waals surface area contributed by atoms with Crippen molar-refractivity contribution in [2.75, 3.05) is 26.1 Å². The highest BCUT2D eigenvalue weighted by Crippen LogP contribution is 2.29. The molecule has 7 nitrogen and oxygen atoms in total. The van der Waals surface area contributed by atoms with Gasteiger partial charge in [0.25, 0.3) is 5.91 Å². The van der Waals surface area contributed by atoms with Crippen LogP contribution in [0.5, 0.6) is 0 Å². The molecule has 34 heavy (non-hydrogen) atoms. The van der Waals surface area contributed by atoms with Crippen molar-refractivity contribution in [2.45, 2.75) is 31.3 Å². The van der Waals surface area contributed by atoms with Gasteiger partial charge >= 0.3 is 6.18 Å². The molecule has 1 aromatic carbocycles. The summed E-state index contributed by atoms with van der Waals surface area (Å²) in [5, 5.41) is 0.717. The fourth-order valence-electron chi connectivity index (χ4n) is 3.95. The molecule has 1 saturated heterocycles. The predicted molar refractivity (Wildman–Crippen MR) is 123 cm³/mol. The summed E-state index contributed by atoms with van der Waals surface area (Å²) in [6, 6.07) is 8.76. The minimum atomic E-state index is -4.49. The molecule has 0 aliphatic carbocycles. The number of halogens is 4. The molecular weight excluding hydrogens is 517 g/mol. The summed E-state index contributed by atoms with van der Waals surface area (Å²) >= 11 is 3.35. The zero-order valence-corrected chi connectivity index (χ0v) is 19.8. The lowest BCUT2D eigenvalue weighted by atomic mass is 10.0. The number of methoxy groups -OCH3 is 1. The van der Waals surface area contributed by atoms with Crippen molar-refractivity contribution in [1.29, 1.82) is 0 Å². The van der Waals surface area contributed by atoms with E-state index < -0.39 is 11.7 Å².